The summed E-state index contributed by atoms with van der Waals surface area (Å²) in [7, 11) is 0. The largest absolute Gasteiger partial charge is 0.398 e. The van der Waals surface area contributed by atoms with Crippen LogP contribution in [0.25, 0.3) is 67.5 Å². The van der Waals surface area contributed by atoms with E-state index in [0.29, 0.717) is 17.5 Å². The summed E-state index contributed by atoms with van der Waals surface area (Å²) >= 11 is 0. The first kappa shape index (κ1) is 27.0. The molecule has 7 aromatic rings. The molecular formula is C40H30N4. The van der Waals surface area contributed by atoms with Gasteiger partial charge in [-0.05, 0) is 46.9 Å². The third-order valence-corrected chi connectivity index (χ3v) is 7.79. The third-order valence-electron chi connectivity index (χ3n) is 7.79. The third kappa shape index (κ3) is 5.49. The van der Waals surface area contributed by atoms with Gasteiger partial charge in [-0.3, -0.25) is 0 Å². The SMILES string of the molecule is Cc1cccc(-c2nc(-c3ccccc3)nc(-c3ccc(-c4ccc(-c5ccccc5-c5ccccc5N)cc4)cc3)n2)c1. The predicted molar refractivity (Wildman–Crippen MR) is 182 cm³/mol. The molecule has 0 saturated heterocycles. The lowest BCUT2D eigenvalue weighted by Crippen LogP contribution is -2.00. The first-order valence-electron chi connectivity index (χ1n) is 14.7. The van der Waals surface area contributed by atoms with Crippen LogP contribution >= 0.6 is 0 Å². The predicted octanol–water partition coefficient (Wildman–Crippen LogP) is 9.76. The highest BCUT2D eigenvalue weighted by molar-refractivity contribution is 5.89. The molecule has 0 atom stereocenters. The fourth-order valence-corrected chi connectivity index (χ4v) is 5.50. The van der Waals surface area contributed by atoms with Crippen molar-refractivity contribution in [3.63, 3.8) is 0 Å². The van der Waals surface area contributed by atoms with E-state index in [0.717, 1.165) is 61.3 Å². The van der Waals surface area contributed by atoms with E-state index in [1.54, 1.807) is 0 Å². The standard InChI is InChI=1S/C40H30N4/c1-27-10-9-13-33(26-27)40-43-38(31-11-3-2-4-12-31)42-39(44-40)32-24-20-29(21-25-32)28-18-22-30(23-19-28)34-14-5-6-15-35(34)36-16-7-8-17-37(36)41/h2-26H,41H2,1H3. The second-order valence-corrected chi connectivity index (χ2v) is 10.8. The van der Waals surface area contributed by atoms with Crippen LogP contribution in [0.3, 0.4) is 0 Å². The van der Waals surface area contributed by atoms with E-state index in [-0.39, 0.29) is 0 Å². The average molecular weight is 567 g/mol. The van der Waals surface area contributed by atoms with Gasteiger partial charge in [-0.1, -0.05) is 145 Å². The lowest BCUT2D eigenvalue weighted by molar-refractivity contribution is 1.07. The van der Waals surface area contributed by atoms with Crippen molar-refractivity contribution in [2.24, 2.45) is 0 Å². The fourth-order valence-electron chi connectivity index (χ4n) is 5.50. The lowest BCUT2D eigenvalue weighted by atomic mass is 9.92. The monoisotopic (exact) mass is 566 g/mol. The van der Waals surface area contributed by atoms with Crippen molar-refractivity contribution in [3.8, 4) is 67.5 Å². The first-order valence-corrected chi connectivity index (χ1v) is 14.7. The fraction of sp³-hybridized carbons (Fsp3) is 0.0250. The maximum absolute atomic E-state index is 6.32. The van der Waals surface area contributed by atoms with Gasteiger partial charge in [0.2, 0.25) is 0 Å². The molecule has 1 aromatic heterocycles. The smallest absolute Gasteiger partial charge is 0.164 e. The van der Waals surface area contributed by atoms with Gasteiger partial charge in [0, 0.05) is 27.9 Å². The van der Waals surface area contributed by atoms with E-state index in [9.17, 15) is 0 Å². The number of nitrogens with zero attached hydrogens (tertiary/aromatic N) is 3. The van der Waals surface area contributed by atoms with Crippen molar-refractivity contribution in [2.45, 2.75) is 6.92 Å². The van der Waals surface area contributed by atoms with Gasteiger partial charge in [0.15, 0.2) is 17.5 Å². The van der Waals surface area contributed by atoms with E-state index in [4.69, 9.17) is 20.7 Å². The van der Waals surface area contributed by atoms with Crippen molar-refractivity contribution in [1.29, 1.82) is 0 Å². The molecule has 0 aliphatic heterocycles. The van der Waals surface area contributed by atoms with Gasteiger partial charge in [0.25, 0.3) is 0 Å². The molecule has 0 radical (unpaired) electrons. The number of nitrogen functional groups attached to an aromatic ring is 1. The van der Waals surface area contributed by atoms with Crippen molar-refractivity contribution < 1.29 is 0 Å². The number of hydrogen-bond donors (Lipinski definition) is 1. The van der Waals surface area contributed by atoms with Crippen LogP contribution in [0.4, 0.5) is 5.69 Å². The highest BCUT2D eigenvalue weighted by Gasteiger charge is 2.13. The molecule has 0 bridgehead atoms. The first-order chi connectivity index (χ1) is 21.6. The molecule has 2 N–H and O–H groups in total. The van der Waals surface area contributed by atoms with Gasteiger partial charge in [-0.2, -0.15) is 0 Å². The number of benzene rings is 6. The molecule has 0 saturated carbocycles. The van der Waals surface area contributed by atoms with Crippen molar-refractivity contribution in [2.75, 3.05) is 5.73 Å². The van der Waals surface area contributed by atoms with E-state index in [1.165, 1.54) is 0 Å². The number of aryl methyl sites for hydroxylation is 1. The Morgan fingerprint density at radius 3 is 1.43 bits per heavy atom. The Bertz CT molecular complexity index is 2070. The second-order valence-electron chi connectivity index (χ2n) is 10.8. The van der Waals surface area contributed by atoms with Gasteiger partial charge in [0.1, 0.15) is 0 Å². The van der Waals surface area contributed by atoms with E-state index < -0.39 is 0 Å². The summed E-state index contributed by atoms with van der Waals surface area (Å²) < 4.78 is 0. The summed E-state index contributed by atoms with van der Waals surface area (Å²) in [6.07, 6.45) is 0. The zero-order valence-electron chi connectivity index (χ0n) is 24.4. The van der Waals surface area contributed by atoms with Crippen LogP contribution in [0.2, 0.25) is 0 Å². The van der Waals surface area contributed by atoms with Gasteiger partial charge < -0.3 is 5.73 Å². The van der Waals surface area contributed by atoms with Crippen molar-refractivity contribution in [3.05, 3.63) is 157 Å². The molecule has 4 heteroatoms. The molecule has 0 fully saturated rings. The molecule has 0 aliphatic rings. The molecule has 210 valence electrons. The van der Waals surface area contributed by atoms with Gasteiger partial charge in [-0.25, -0.2) is 15.0 Å². The van der Waals surface area contributed by atoms with E-state index >= 15 is 0 Å². The minimum atomic E-state index is 0.647. The van der Waals surface area contributed by atoms with Crippen molar-refractivity contribution in [1.82, 2.24) is 15.0 Å². The van der Waals surface area contributed by atoms with Crippen LogP contribution in [0.15, 0.2) is 152 Å². The van der Waals surface area contributed by atoms with Gasteiger partial charge >= 0.3 is 0 Å². The van der Waals surface area contributed by atoms with Crippen LogP contribution in [0, 0.1) is 6.92 Å². The van der Waals surface area contributed by atoms with Crippen LogP contribution in [-0.4, -0.2) is 15.0 Å². The maximum atomic E-state index is 6.32. The number of rotatable bonds is 6. The van der Waals surface area contributed by atoms with Gasteiger partial charge in [0.05, 0.1) is 0 Å². The Labute approximate surface area is 257 Å². The Morgan fingerprint density at radius 2 is 0.818 bits per heavy atom. The van der Waals surface area contributed by atoms with Crippen molar-refractivity contribution >= 4 is 5.69 Å². The Hall–Kier alpha value is -5.87. The molecule has 4 nitrogen and oxygen atoms in total. The van der Waals surface area contributed by atoms with Crippen LogP contribution in [-0.2, 0) is 0 Å². The normalized spacial score (nSPS) is 10.9. The molecule has 0 spiro atoms. The molecular weight excluding hydrogens is 536 g/mol. The molecule has 7 rings (SSSR count). The molecule has 6 aromatic carbocycles. The average Bonchev–Trinajstić information content (AvgIpc) is 3.09. The molecule has 44 heavy (non-hydrogen) atoms. The Morgan fingerprint density at radius 1 is 0.364 bits per heavy atom. The summed E-state index contributed by atoms with van der Waals surface area (Å²) in [5, 5.41) is 0. The summed E-state index contributed by atoms with van der Waals surface area (Å²) in [4.78, 5) is 14.6. The summed E-state index contributed by atoms with van der Waals surface area (Å²) in [6, 6.07) is 51.8. The molecule has 0 aliphatic carbocycles. The zero-order valence-corrected chi connectivity index (χ0v) is 24.4. The van der Waals surface area contributed by atoms with Gasteiger partial charge in [-0.15, -0.1) is 0 Å². The number of aromatic nitrogens is 3. The molecule has 0 unspecified atom stereocenters. The molecule has 0 amide bonds. The summed E-state index contributed by atoms with van der Waals surface area (Å²) in [6.45, 7) is 2.08. The Balaban J connectivity index is 1.21. The number of anilines is 1. The summed E-state index contributed by atoms with van der Waals surface area (Å²) in [5.41, 5.74) is 17.9. The minimum absolute atomic E-state index is 0.647. The summed E-state index contributed by atoms with van der Waals surface area (Å²) in [5.74, 6) is 1.97. The quantitative estimate of drug-likeness (QED) is 0.204. The zero-order chi connectivity index (χ0) is 29.9. The maximum Gasteiger partial charge on any atom is 0.164 e. The number of para-hydroxylation sites is 1. The van der Waals surface area contributed by atoms with Crippen LogP contribution < -0.4 is 5.73 Å². The Kier molecular flexibility index (Phi) is 7.23. The number of hydrogen-bond acceptors (Lipinski definition) is 4. The lowest BCUT2D eigenvalue weighted by Gasteiger charge is -2.13. The second kappa shape index (κ2) is 11.8. The van der Waals surface area contributed by atoms with Crippen LogP contribution in [0.5, 0.6) is 0 Å². The minimum Gasteiger partial charge on any atom is -0.398 e. The van der Waals surface area contributed by atoms with Crippen LogP contribution in [0.1, 0.15) is 5.56 Å². The number of nitrogens with two attached hydrogens (primary N) is 1. The topological polar surface area (TPSA) is 64.7 Å². The highest BCUT2D eigenvalue weighted by Crippen LogP contribution is 2.36. The van der Waals surface area contributed by atoms with E-state index in [1.807, 2.05) is 60.7 Å². The molecule has 1 heterocycles. The highest BCUT2D eigenvalue weighted by atomic mass is 15.0. The van der Waals surface area contributed by atoms with E-state index in [2.05, 4.69) is 97.9 Å².